The van der Waals surface area contributed by atoms with Gasteiger partial charge in [-0.3, -0.25) is 38.7 Å². The first-order valence-electron chi connectivity index (χ1n) is 36.2. The summed E-state index contributed by atoms with van der Waals surface area (Å²) in [4.78, 5) is 88.9. The highest BCUT2D eigenvalue weighted by atomic mass is 35.5. The summed E-state index contributed by atoms with van der Waals surface area (Å²) in [6.45, 7) is 25.3. The van der Waals surface area contributed by atoms with Crippen molar-refractivity contribution >= 4 is 53.2 Å². The Hall–Kier alpha value is -7.71. The van der Waals surface area contributed by atoms with Crippen molar-refractivity contribution in [2.24, 2.45) is 0 Å². The second kappa shape index (κ2) is 42.3. The summed E-state index contributed by atoms with van der Waals surface area (Å²) in [6.07, 6.45) is 3.41. The molecule has 6 aromatic carbocycles. The molecule has 20 nitrogen and oxygen atoms in total. The Labute approximate surface area is 615 Å². The van der Waals surface area contributed by atoms with Crippen LogP contribution in [0.4, 0.5) is 14.5 Å². The summed E-state index contributed by atoms with van der Waals surface area (Å²) in [5, 5.41) is 31.8. The highest BCUT2D eigenvalue weighted by Gasteiger charge is 2.42. The third-order valence-corrected chi connectivity index (χ3v) is 20.2. The Morgan fingerprint density at radius 1 is 0.350 bits per heavy atom. The number of benzene rings is 6. The number of carbonyl (C=O) groups excluding carboxylic acids is 5. The van der Waals surface area contributed by atoms with Crippen molar-refractivity contribution in [3.63, 3.8) is 0 Å². The van der Waals surface area contributed by atoms with E-state index in [2.05, 4.69) is 66.1 Å². The van der Waals surface area contributed by atoms with Crippen molar-refractivity contribution in [2.45, 2.75) is 75.9 Å². The van der Waals surface area contributed by atoms with E-state index in [1.165, 1.54) is 54.2 Å². The highest BCUT2D eigenvalue weighted by Crippen LogP contribution is 2.32. The van der Waals surface area contributed by atoms with Gasteiger partial charge < -0.3 is 57.0 Å². The van der Waals surface area contributed by atoms with Gasteiger partial charge >= 0.3 is 5.97 Å². The topological polar surface area (TPSA) is 226 Å². The average molecular weight is 1440 g/mol. The third kappa shape index (κ3) is 23.6. The summed E-state index contributed by atoms with van der Waals surface area (Å²) in [5.41, 5.74) is 5.17. The lowest BCUT2D eigenvalue weighted by Crippen LogP contribution is -2.52. The Bertz CT molecular complexity index is 3530. The smallest absolute Gasteiger partial charge is 0.335 e. The van der Waals surface area contributed by atoms with E-state index in [9.17, 15) is 37.5 Å². The van der Waals surface area contributed by atoms with Gasteiger partial charge in [-0.1, -0.05) is 57.2 Å². The van der Waals surface area contributed by atoms with Crippen molar-refractivity contribution in [3.05, 3.63) is 207 Å². The van der Waals surface area contributed by atoms with Gasteiger partial charge in [0, 0.05) is 164 Å². The van der Waals surface area contributed by atoms with Crippen molar-refractivity contribution < 1.29 is 42.7 Å². The molecule has 560 valence electrons. The molecule has 3 unspecified atom stereocenters. The summed E-state index contributed by atoms with van der Waals surface area (Å²) < 4.78 is 26.5. The van der Waals surface area contributed by atoms with E-state index in [1.54, 1.807) is 24.3 Å². The molecule has 0 bridgehead atoms. The molecule has 0 aromatic heterocycles. The van der Waals surface area contributed by atoms with Crippen LogP contribution in [0.15, 0.2) is 146 Å². The SMILES string of the molecule is C1CNCCN1.C1CNCCN1.CCC(Cc1ccc(C(=O)N2CCNCC2)cc1)(C(=O)c1ccc(F)cc1)N(C)C.CCC(Cc1ccc(C(=O)N2CCNCC2)cc1)(C(=O)c1ccc(N2CCNCC2)cc1)N(C)C.CCC(Cc1ccc(C(=O)O)cc1)(C(=O)c1ccc(F)cc1)N(C)C.Cl. The first kappa shape index (κ1) is 84.2. The van der Waals surface area contributed by atoms with Gasteiger partial charge in [0.05, 0.1) is 22.2 Å². The summed E-state index contributed by atoms with van der Waals surface area (Å²) in [6, 6.07) is 41.3. The molecule has 0 aliphatic carbocycles. The standard InChI is InChI=1S/C28H39N5O2.C24H30FN3O2.C20H22FNO3.2C4H10N2.ClH/c1-4-28(31(2)3,26(34)23-9-11-25(12-10-23)32-17-13-29-14-18-32)21-22-5-7-24(8-6-22)27(35)33-19-15-30-16-20-33;1-4-24(27(2)3,22(29)19-9-11-21(25)12-10-19)17-18-5-7-20(8-6-18)23(30)28-15-13-26-14-16-28;1-4-20(22(2)3,18(23)15-9-11-17(21)12-10-15)13-14-5-7-16(8-6-14)19(24)25;2*1-2-6-4-3-5-1;/h5-12,29-30H,4,13-21H2,1-3H3;5-12,26H,4,13-17H2,1-3H3;5-12H,4,13H2,1-3H3,(H,24,25);2*5-6H,1-4H2;1H. The van der Waals surface area contributed by atoms with E-state index in [0.717, 1.165) is 140 Å². The van der Waals surface area contributed by atoms with Crippen LogP contribution in [0.1, 0.15) is 119 Å². The number of halogens is 3. The van der Waals surface area contributed by atoms with Crippen molar-refractivity contribution in [3.8, 4) is 0 Å². The summed E-state index contributed by atoms with van der Waals surface area (Å²) >= 11 is 0. The van der Waals surface area contributed by atoms with E-state index in [4.69, 9.17) is 5.11 Å². The normalized spacial score (nSPS) is 17.1. The molecule has 5 aliphatic rings. The van der Waals surface area contributed by atoms with Crippen LogP contribution in [0.2, 0.25) is 0 Å². The fourth-order valence-corrected chi connectivity index (χ4v) is 13.5. The van der Waals surface area contributed by atoms with E-state index in [-0.39, 0.29) is 58.8 Å². The molecule has 3 atom stereocenters. The number of amides is 2. The predicted molar refractivity (Wildman–Crippen MR) is 411 cm³/mol. The number of anilines is 1. The van der Waals surface area contributed by atoms with Crippen LogP contribution in [0.25, 0.3) is 0 Å². The van der Waals surface area contributed by atoms with Gasteiger partial charge in [0.15, 0.2) is 17.3 Å². The first-order valence-corrected chi connectivity index (χ1v) is 36.2. The molecule has 0 saturated carbocycles. The molecule has 6 aromatic rings. The number of hydrogen-bond donors (Lipinski definition) is 8. The van der Waals surface area contributed by atoms with Gasteiger partial charge in [-0.05, 0) is 207 Å². The van der Waals surface area contributed by atoms with Crippen LogP contribution in [0, 0.1) is 11.6 Å². The Morgan fingerprint density at radius 2 is 0.583 bits per heavy atom. The van der Waals surface area contributed by atoms with Gasteiger partial charge in [0.1, 0.15) is 11.6 Å². The zero-order valence-corrected chi connectivity index (χ0v) is 62.8. The zero-order chi connectivity index (χ0) is 73.7. The fraction of sp³-hybridized carbons (Fsp3) is 0.475. The second-order valence-corrected chi connectivity index (χ2v) is 27.1. The lowest BCUT2D eigenvalue weighted by Gasteiger charge is -2.38. The van der Waals surface area contributed by atoms with E-state index in [0.29, 0.717) is 73.9 Å². The van der Waals surface area contributed by atoms with Crippen molar-refractivity contribution in [2.75, 3.05) is 178 Å². The fourth-order valence-electron chi connectivity index (χ4n) is 13.5. The molecular formula is C80H112ClF2N13O7. The zero-order valence-electron chi connectivity index (χ0n) is 62.0. The molecule has 5 heterocycles. The number of aromatic carboxylic acids is 1. The molecule has 5 aliphatic heterocycles. The van der Waals surface area contributed by atoms with Gasteiger partial charge in [-0.25, -0.2) is 13.6 Å². The number of carboxylic acids is 1. The van der Waals surface area contributed by atoms with Gasteiger partial charge in [-0.15, -0.1) is 12.4 Å². The number of likely N-dealkylation sites (N-methyl/N-ethyl adjacent to an activating group) is 3. The Kier molecular flexibility index (Phi) is 34.6. The lowest BCUT2D eigenvalue weighted by molar-refractivity contribution is 0.0660. The minimum Gasteiger partial charge on any atom is -0.478 e. The number of carboxylic acid groups (broad SMARTS) is 1. The van der Waals surface area contributed by atoms with Crippen LogP contribution < -0.4 is 42.1 Å². The maximum atomic E-state index is 13.9. The maximum absolute atomic E-state index is 13.9. The number of nitrogens with one attached hydrogen (secondary N) is 7. The molecule has 8 N–H and O–H groups in total. The van der Waals surface area contributed by atoms with E-state index < -0.39 is 22.6 Å². The van der Waals surface area contributed by atoms with Gasteiger partial charge in [-0.2, -0.15) is 0 Å². The van der Waals surface area contributed by atoms with Crippen LogP contribution in [0.5, 0.6) is 0 Å². The highest BCUT2D eigenvalue weighted by molar-refractivity contribution is 6.05. The lowest BCUT2D eigenvalue weighted by atomic mass is 9.80. The molecule has 0 radical (unpaired) electrons. The number of rotatable bonds is 22. The van der Waals surface area contributed by atoms with Crippen LogP contribution in [-0.2, 0) is 19.3 Å². The number of piperazine rings is 5. The predicted octanol–water partition coefficient (Wildman–Crippen LogP) is 7.72. The van der Waals surface area contributed by atoms with Crippen LogP contribution in [0.3, 0.4) is 0 Å². The van der Waals surface area contributed by atoms with Crippen molar-refractivity contribution in [1.82, 2.24) is 61.7 Å². The minimum atomic E-state index is -0.983. The molecular weight excluding hydrogens is 1330 g/mol. The molecule has 23 heteroatoms. The number of Topliss-reactive ketones (excluding diaryl/α,β-unsaturated/α-hetero) is 3. The summed E-state index contributed by atoms with van der Waals surface area (Å²) in [7, 11) is 11.4. The van der Waals surface area contributed by atoms with E-state index >= 15 is 0 Å². The molecule has 5 saturated heterocycles. The summed E-state index contributed by atoms with van der Waals surface area (Å²) in [5.74, 6) is -1.58. The van der Waals surface area contributed by atoms with Crippen LogP contribution >= 0.6 is 12.4 Å². The van der Waals surface area contributed by atoms with E-state index in [1.807, 2.05) is 136 Å². The largest absolute Gasteiger partial charge is 0.478 e. The second-order valence-electron chi connectivity index (χ2n) is 27.1. The Morgan fingerprint density at radius 3 is 0.825 bits per heavy atom. The van der Waals surface area contributed by atoms with Gasteiger partial charge in [0.2, 0.25) is 0 Å². The van der Waals surface area contributed by atoms with Crippen molar-refractivity contribution in [1.29, 1.82) is 0 Å². The molecule has 0 spiro atoms. The third-order valence-electron chi connectivity index (χ3n) is 20.2. The maximum Gasteiger partial charge on any atom is 0.335 e. The average Bonchev–Trinajstić information content (AvgIpc) is 0.798. The quantitative estimate of drug-likeness (QED) is 0.0305. The number of carbonyl (C=O) groups is 6. The monoisotopic (exact) mass is 1440 g/mol. The molecule has 2 amide bonds. The first-order chi connectivity index (χ1) is 49.1. The molecule has 103 heavy (non-hydrogen) atoms. The van der Waals surface area contributed by atoms with Crippen LogP contribution in [-0.4, -0.2) is 255 Å². The van der Waals surface area contributed by atoms with Gasteiger partial charge in [0.25, 0.3) is 11.8 Å². The molecule has 5 fully saturated rings. The minimum absolute atomic E-state index is 0. The number of hydrogen-bond acceptors (Lipinski definition) is 17. The molecule has 11 rings (SSSR count). The Balaban J connectivity index is 0.000000224. The number of nitrogens with zero attached hydrogens (tertiary/aromatic N) is 6. The number of ketones is 3.